The van der Waals surface area contributed by atoms with Gasteiger partial charge in [0.25, 0.3) is 0 Å². The van der Waals surface area contributed by atoms with Crippen LogP contribution in [0.2, 0.25) is 0 Å². The van der Waals surface area contributed by atoms with Gasteiger partial charge in [0.1, 0.15) is 12.4 Å². The summed E-state index contributed by atoms with van der Waals surface area (Å²) in [5, 5.41) is 0. The molecule has 0 unspecified atom stereocenters. The molecule has 0 bridgehead atoms. The van der Waals surface area contributed by atoms with Crippen molar-refractivity contribution >= 4 is 5.69 Å². The van der Waals surface area contributed by atoms with Gasteiger partial charge in [0.15, 0.2) is 11.6 Å². The molecule has 0 saturated carbocycles. The van der Waals surface area contributed by atoms with Gasteiger partial charge in [-0.05, 0) is 30.2 Å². The third-order valence-electron chi connectivity index (χ3n) is 3.13. The minimum absolute atomic E-state index is 0.110. The molecule has 0 atom stereocenters. The number of benzene rings is 2. The molecule has 2 rings (SSSR count). The average Bonchev–Trinajstić information content (AvgIpc) is 2.47. The standard InChI is InChI=1S/C16H18FNO2/c1-3-11-7-8-14(13(18)9-11)20-10-12-5-4-6-15(19-2)16(12)17/h4-9H,3,10,18H2,1-2H3. The molecule has 0 amide bonds. The lowest BCUT2D eigenvalue weighted by Crippen LogP contribution is -2.02. The number of hydrogen-bond donors (Lipinski definition) is 1. The normalized spacial score (nSPS) is 10.3. The summed E-state index contributed by atoms with van der Waals surface area (Å²) in [4.78, 5) is 0. The molecule has 0 aliphatic heterocycles. The van der Waals surface area contributed by atoms with Crippen LogP contribution in [0.3, 0.4) is 0 Å². The minimum Gasteiger partial charge on any atom is -0.494 e. The number of nitrogen functional groups attached to an aromatic ring is 1. The molecule has 0 saturated heterocycles. The van der Waals surface area contributed by atoms with Crippen LogP contribution in [0.4, 0.5) is 10.1 Å². The number of anilines is 1. The molecular formula is C16H18FNO2. The largest absolute Gasteiger partial charge is 0.494 e. The van der Waals surface area contributed by atoms with E-state index in [0.717, 1.165) is 12.0 Å². The number of methoxy groups -OCH3 is 1. The topological polar surface area (TPSA) is 44.5 Å². The zero-order chi connectivity index (χ0) is 14.5. The lowest BCUT2D eigenvalue weighted by Gasteiger charge is -2.11. The Labute approximate surface area is 118 Å². The predicted molar refractivity (Wildman–Crippen MR) is 77.5 cm³/mol. The molecule has 0 fully saturated rings. The first kappa shape index (κ1) is 14.2. The van der Waals surface area contributed by atoms with Crippen molar-refractivity contribution in [2.24, 2.45) is 0 Å². The molecule has 0 radical (unpaired) electrons. The lowest BCUT2D eigenvalue weighted by atomic mass is 10.1. The molecular weight excluding hydrogens is 257 g/mol. The Morgan fingerprint density at radius 3 is 2.60 bits per heavy atom. The third-order valence-corrected chi connectivity index (χ3v) is 3.13. The zero-order valence-corrected chi connectivity index (χ0v) is 11.7. The van der Waals surface area contributed by atoms with Gasteiger partial charge in [-0.15, -0.1) is 0 Å². The second-order valence-corrected chi connectivity index (χ2v) is 4.45. The predicted octanol–water partition coefficient (Wildman–Crippen LogP) is 3.56. The number of ether oxygens (including phenoxy) is 2. The van der Waals surface area contributed by atoms with Gasteiger partial charge in [0.05, 0.1) is 12.8 Å². The maximum absolute atomic E-state index is 14.0. The molecule has 0 aliphatic carbocycles. The number of rotatable bonds is 5. The summed E-state index contributed by atoms with van der Waals surface area (Å²) in [7, 11) is 1.44. The summed E-state index contributed by atoms with van der Waals surface area (Å²) < 4.78 is 24.5. The molecule has 2 aromatic carbocycles. The number of aryl methyl sites for hydroxylation is 1. The van der Waals surface area contributed by atoms with E-state index in [-0.39, 0.29) is 12.4 Å². The van der Waals surface area contributed by atoms with Gasteiger partial charge >= 0.3 is 0 Å². The van der Waals surface area contributed by atoms with Crippen molar-refractivity contribution < 1.29 is 13.9 Å². The van der Waals surface area contributed by atoms with Gasteiger partial charge in [0.2, 0.25) is 0 Å². The van der Waals surface area contributed by atoms with Crippen molar-refractivity contribution in [3.05, 3.63) is 53.3 Å². The van der Waals surface area contributed by atoms with Crippen LogP contribution in [0, 0.1) is 5.82 Å². The summed E-state index contributed by atoms with van der Waals surface area (Å²) in [5.74, 6) is 0.364. The molecule has 0 heterocycles. The van der Waals surface area contributed by atoms with Crippen molar-refractivity contribution in [3.8, 4) is 11.5 Å². The summed E-state index contributed by atoms with van der Waals surface area (Å²) in [5.41, 5.74) is 8.05. The van der Waals surface area contributed by atoms with E-state index in [9.17, 15) is 4.39 Å². The molecule has 2 aromatic rings. The lowest BCUT2D eigenvalue weighted by molar-refractivity contribution is 0.297. The van der Waals surface area contributed by atoms with E-state index in [1.54, 1.807) is 18.2 Å². The maximum Gasteiger partial charge on any atom is 0.171 e. The SMILES string of the molecule is CCc1ccc(OCc2cccc(OC)c2F)c(N)c1. The summed E-state index contributed by atoms with van der Waals surface area (Å²) in [6.45, 7) is 2.17. The van der Waals surface area contributed by atoms with Gasteiger partial charge in [-0.25, -0.2) is 4.39 Å². The van der Waals surface area contributed by atoms with Gasteiger partial charge in [-0.1, -0.05) is 25.1 Å². The summed E-state index contributed by atoms with van der Waals surface area (Å²) >= 11 is 0. The number of nitrogens with two attached hydrogens (primary N) is 1. The van der Waals surface area contributed by atoms with Crippen LogP contribution in [-0.4, -0.2) is 7.11 Å². The molecule has 0 aliphatic rings. The van der Waals surface area contributed by atoms with E-state index in [1.165, 1.54) is 7.11 Å². The highest BCUT2D eigenvalue weighted by molar-refractivity contribution is 5.54. The highest BCUT2D eigenvalue weighted by Crippen LogP contribution is 2.26. The fourth-order valence-electron chi connectivity index (χ4n) is 1.93. The van der Waals surface area contributed by atoms with E-state index in [0.29, 0.717) is 17.0 Å². The highest BCUT2D eigenvalue weighted by Gasteiger charge is 2.09. The Morgan fingerprint density at radius 2 is 1.95 bits per heavy atom. The van der Waals surface area contributed by atoms with Crippen LogP contribution in [0.25, 0.3) is 0 Å². The van der Waals surface area contributed by atoms with E-state index in [4.69, 9.17) is 15.2 Å². The number of hydrogen-bond acceptors (Lipinski definition) is 3. The molecule has 0 spiro atoms. The van der Waals surface area contributed by atoms with Gasteiger partial charge in [-0.2, -0.15) is 0 Å². The average molecular weight is 275 g/mol. The van der Waals surface area contributed by atoms with Crippen LogP contribution < -0.4 is 15.2 Å². The smallest absolute Gasteiger partial charge is 0.171 e. The second kappa shape index (κ2) is 6.28. The van der Waals surface area contributed by atoms with Crippen LogP contribution in [0.1, 0.15) is 18.1 Å². The summed E-state index contributed by atoms with van der Waals surface area (Å²) in [6, 6.07) is 10.6. The molecule has 20 heavy (non-hydrogen) atoms. The fourth-order valence-corrected chi connectivity index (χ4v) is 1.93. The first-order valence-electron chi connectivity index (χ1n) is 6.48. The van der Waals surface area contributed by atoms with E-state index < -0.39 is 5.82 Å². The molecule has 3 nitrogen and oxygen atoms in total. The third kappa shape index (κ3) is 3.02. The Morgan fingerprint density at radius 1 is 1.15 bits per heavy atom. The molecule has 4 heteroatoms. The Bertz CT molecular complexity index is 599. The van der Waals surface area contributed by atoms with Crippen molar-refractivity contribution in [2.75, 3.05) is 12.8 Å². The number of halogens is 1. The van der Waals surface area contributed by atoms with E-state index in [1.807, 2.05) is 18.2 Å². The van der Waals surface area contributed by atoms with E-state index in [2.05, 4.69) is 6.92 Å². The van der Waals surface area contributed by atoms with Crippen LogP contribution in [0.15, 0.2) is 36.4 Å². The van der Waals surface area contributed by atoms with Crippen molar-refractivity contribution in [3.63, 3.8) is 0 Å². The van der Waals surface area contributed by atoms with Gasteiger partial charge < -0.3 is 15.2 Å². The van der Waals surface area contributed by atoms with Crippen molar-refractivity contribution in [1.29, 1.82) is 0 Å². The monoisotopic (exact) mass is 275 g/mol. The van der Waals surface area contributed by atoms with Crippen LogP contribution >= 0.6 is 0 Å². The molecule has 106 valence electrons. The zero-order valence-electron chi connectivity index (χ0n) is 11.7. The van der Waals surface area contributed by atoms with Crippen LogP contribution in [-0.2, 0) is 13.0 Å². The van der Waals surface area contributed by atoms with Crippen molar-refractivity contribution in [2.45, 2.75) is 20.0 Å². The van der Waals surface area contributed by atoms with Gasteiger partial charge in [-0.3, -0.25) is 0 Å². The first-order valence-corrected chi connectivity index (χ1v) is 6.48. The molecule has 0 aromatic heterocycles. The van der Waals surface area contributed by atoms with Crippen molar-refractivity contribution in [1.82, 2.24) is 0 Å². The fraction of sp³-hybridized carbons (Fsp3) is 0.250. The Hall–Kier alpha value is -2.23. The van der Waals surface area contributed by atoms with E-state index >= 15 is 0 Å². The summed E-state index contributed by atoms with van der Waals surface area (Å²) in [6.07, 6.45) is 0.912. The highest BCUT2D eigenvalue weighted by atomic mass is 19.1. The quantitative estimate of drug-likeness (QED) is 0.849. The Balaban J connectivity index is 2.13. The van der Waals surface area contributed by atoms with Gasteiger partial charge in [0, 0.05) is 5.56 Å². The minimum atomic E-state index is -0.404. The first-order chi connectivity index (χ1) is 9.65. The maximum atomic E-state index is 14.0. The second-order valence-electron chi connectivity index (χ2n) is 4.45. The Kier molecular flexibility index (Phi) is 4.45. The van der Waals surface area contributed by atoms with Crippen LogP contribution in [0.5, 0.6) is 11.5 Å². The molecule has 2 N–H and O–H groups in total.